The first-order chi connectivity index (χ1) is 9.12. The van der Waals surface area contributed by atoms with Crippen LogP contribution in [0.2, 0.25) is 0 Å². The smallest absolute Gasteiger partial charge is 0.279 e. The lowest BCUT2D eigenvalue weighted by Crippen LogP contribution is -2.53. The first-order valence-electron chi connectivity index (χ1n) is 7.61. The molecule has 0 amide bonds. The van der Waals surface area contributed by atoms with Gasteiger partial charge in [0.15, 0.2) is 0 Å². The summed E-state index contributed by atoms with van der Waals surface area (Å²) in [5.74, 6) is 0. The molecule has 0 aromatic heterocycles. The minimum atomic E-state index is -3.37. The molecule has 0 radical (unpaired) electrons. The van der Waals surface area contributed by atoms with Crippen molar-refractivity contribution in [2.75, 3.05) is 19.6 Å². The van der Waals surface area contributed by atoms with E-state index in [1.165, 1.54) is 0 Å². The van der Waals surface area contributed by atoms with E-state index in [9.17, 15) is 8.42 Å². The molecule has 2 N–H and O–H groups in total. The van der Waals surface area contributed by atoms with Gasteiger partial charge >= 0.3 is 0 Å². The van der Waals surface area contributed by atoms with Crippen molar-refractivity contribution in [1.82, 2.24) is 14.3 Å². The van der Waals surface area contributed by atoms with Crippen LogP contribution in [0.3, 0.4) is 0 Å². The van der Waals surface area contributed by atoms with Crippen LogP contribution < -0.4 is 10.0 Å². The second kappa shape index (κ2) is 7.20. The average Bonchev–Trinajstić information content (AvgIpc) is 2.33. The topological polar surface area (TPSA) is 61.4 Å². The molecule has 1 aliphatic heterocycles. The third-order valence-corrected chi connectivity index (χ3v) is 5.04. The van der Waals surface area contributed by atoms with Gasteiger partial charge in [-0.3, -0.25) is 0 Å². The van der Waals surface area contributed by atoms with Crippen molar-refractivity contribution in [2.45, 2.75) is 66.0 Å². The molecular formula is C14H31N3O2S. The van der Waals surface area contributed by atoms with E-state index in [1.807, 2.05) is 20.8 Å². The Kier molecular flexibility index (Phi) is 6.44. The van der Waals surface area contributed by atoms with E-state index in [0.29, 0.717) is 19.1 Å². The molecule has 0 aromatic carbocycles. The van der Waals surface area contributed by atoms with Crippen LogP contribution in [0.25, 0.3) is 0 Å². The fourth-order valence-corrected chi connectivity index (χ4v) is 3.98. The highest BCUT2D eigenvalue weighted by Crippen LogP contribution is 2.20. The first kappa shape index (κ1) is 17.9. The van der Waals surface area contributed by atoms with Crippen LogP contribution in [-0.2, 0) is 10.2 Å². The van der Waals surface area contributed by atoms with Gasteiger partial charge in [0.2, 0.25) is 0 Å². The molecule has 1 saturated heterocycles. The molecule has 1 fully saturated rings. The molecule has 1 rings (SSSR count). The largest absolute Gasteiger partial charge is 0.313 e. The predicted molar refractivity (Wildman–Crippen MR) is 83.9 cm³/mol. The zero-order valence-corrected chi connectivity index (χ0v) is 14.4. The minimum Gasteiger partial charge on any atom is -0.313 e. The zero-order valence-electron chi connectivity index (χ0n) is 13.6. The fourth-order valence-electron chi connectivity index (χ4n) is 2.26. The molecular weight excluding hydrogens is 274 g/mol. The molecule has 1 heterocycles. The van der Waals surface area contributed by atoms with Crippen molar-refractivity contribution in [3.05, 3.63) is 0 Å². The quantitative estimate of drug-likeness (QED) is 0.785. The van der Waals surface area contributed by atoms with Crippen molar-refractivity contribution in [1.29, 1.82) is 0 Å². The molecule has 0 spiro atoms. The summed E-state index contributed by atoms with van der Waals surface area (Å²) in [5.41, 5.74) is -0.0471. The highest BCUT2D eigenvalue weighted by atomic mass is 32.2. The van der Waals surface area contributed by atoms with E-state index in [1.54, 1.807) is 4.31 Å². The summed E-state index contributed by atoms with van der Waals surface area (Å²) in [6, 6.07) is 0.452. The van der Waals surface area contributed by atoms with Gasteiger partial charge in [0.05, 0.1) is 0 Å². The van der Waals surface area contributed by atoms with Crippen LogP contribution in [0.4, 0.5) is 0 Å². The first-order valence-corrected chi connectivity index (χ1v) is 9.06. The Bertz CT molecular complexity index is 388. The standard InChI is InChI=1S/C14H31N3O2S/c1-12(2)15-10-13-8-6-7-9-17(13)20(18,19)16-11-14(3,4)5/h12-13,15-16H,6-11H2,1-5H3. The molecule has 120 valence electrons. The van der Waals surface area contributed by atoms with Gasteiger partial charge in [-0.05, 0) is 18.3 Å². The molecule has 0 aromatic rings. The molecule has 0 bridgehead atoms. The lowest BCUT2D eigenvalue weighted by Gasteiger charge is -2.36. The lowest BCUT2D eigenvalue weighted by molar-refractivity contribution is 0.237. The molecule has 5 nitrogen and oxygen atoms in total. The average molecular weight is 305 g/mol. The van der Waals surface area contributed by atoms with Gasteiger partial charge in [-0.15, -0.1) is 0 Å². The van der Waals surface area contributed by atoms with Crippen LogP contribution in [0, 0.1) is 5.41 Å². The maximum absolute atomic E-state index is 12.5. The number of rotatable bonds is 6. The van der Waals surface area contributed by atoms with Gasteiger partial charge in [0.1, 0.15) is 0 Å². The highest BCUT2D eigenvalue weighted by molar-refractivity contribution is 7.87. The molecule has 0 aliphatic carbocycles. The van der Waals surface area contributed by atoms with E-state index in [-0.39, 0.29) is 11.5 Å². The fraction of sp³-hybridized carbons (Fsp3) is 1.00. The molecule has 0 saturated carbocycles. The van der Waals surface area contributed by atoms with Gasteiger partial charge in [-0.25, -0.2) is 4.72 Å². The van der Waals surface area contributed by atoms with E-state index < -0.39 is 10.2 Å². The summed E-state index contributed by atoms with van der Waals surface area (Å²) in [5, 5.41) is 3.36. The molecule has 1 aliphatic rings. The Morgan fingerprint density at radius 3 is 2.45 bits per heavy atom. The third-order valence-electron chi connectivity index (χ3n) is 3.43. The van der Waals surface area contributed by atoms with Gasteiger partial charge in [0.25, 0.3) is 10.2 Å². The number of hydrogen-bond acceptors (Lipinski definition) is 3. The Hall–Kier alpha value is -0.170. The Labute approximate surface area is 124 Å². The van der Waals surface area contributed by atoms with Gasteiger partial charge in [-0.2, -0.15) is 12.7 Å². The minimum absolute atomic E-state index is 0.0471. The summed E-state index contributed by atoms with van der Waals surface area (Å²) >= 11 is 0. The molecule has 6 heteroatoms. The maximum Gasteiger partial charge on any atom is 0.279 e. The monoisotopic (exact) mass is 305 g/mol. The molecule has 1 atom stereocenters. The van der Waals surface area contributed by atoms with Crippen molar-refractivity contribution in [2.24, 2.45) is 5.41 Å². The molecule has 1 unspecified atom stereocenters. The number of hydrogen-bond donors (Lipinski definition) is 2. The summed E-state index contributed by atoms with van der Waals surface area (Å²) in [7, 11) is -3.37. The summed E-state index contributed by atoms with van der Waals surface area (Å²) in [6.45, 7) is 12.1. The van der Waals surface area contributed by atoms with Crippen LogP contribution in [0.5, 0.6) is 0 Å². The van der Waals surface area contributed by atoms with Gasteiger partial charge < -0.3 is 5.32 Å². The second-order valence-corrected chi connectivity index (χ2v) is 8.92. The number of nitrogens with one attached hydrogen (secondary N) is 2. The number of nitrogens with zero attached hydrogens (tertiary/aromatic N) is 1. The maximum atomic E-state index is 12.5. The van der Waals surface area contributed by atoms with Crippen molar-refractivity contribution in [3.63, 3.8) is 0 Å². The van der Waals surface area contributed by atoms with Crippen LogP contribution in [0.1, 0.15) is 53.9 Å². The Morgan fingerprint density at radius 1 is 1.25 bits per heavy atom. The van der Waals surface area contributed by atoms with E-state index in [4.69, 9.17) is 0 Å². The molecule has 20 heavy (non-hydrogen) atoms. The number of piperidine rings is 1. The second-order valence-electron chi connectivity index (χ2n) is 7.21. The highest BCUT2D eigenvalue weighted by Gasteiger charge is 2.32. The van der Waals surface area contributed by atoms with E-state index in [0.717, 1.165) is 25.8 Å². The Balaban J connectivity index is 2.68. The zero-order chi connectivity index (χ0) is 15.4. The van der Waals surface area contributed by atoms with Crippen molar-refractivity contribution < 1.29 is 8.42 Å². The van der Waals surface area contributed by atoms with Crippen molar-refractivity contribution in [3.8, 4) is 0 Å². The van der Waals surface area contributed by atoms with Crippen LogP contribution in [-0.4, -0.2) is 44.4 Å². The summed E-state index contributed by atoms with van der Waals surface area (Å²) < 4.78 is 29.4. The Morgan fingerprint density at radius 2 is 1.90 bits per heavy atom. The van der Waals surface area contributed by atoms with Crippen molar-refractivity contribution >= 4 is 10.2 Å². The predicted octanol–water partition coefficient (Wildman–Crippen LogP) is 1.72. The normalized spacial score (nSPS) is 22.4. The van der Waals surface area contributed by atoms with Gasteiger partial charge in [-0.1, -0.05) is 41.0 Å². The van der Waals surface area contributed by atoms with Gasteiger partial charge in [0, 0.05) is 31.7 Å². The lowest BCUT2D eigenvalue weighted by atomic mass is 9.98. The van der Waals surface area contributed by atoms with E-state index in [2.05, 4.69) is 23.9 Å². The van der Waals surface area contributed by atoms with Crippen LogP contribution >= 0.6 is 0 Å². The summed E-state index contributed by atoms with van der Waals surface area (Å²) in [4.78, 5) is 0. The summed E-state index contributed by atoms with van der Waals surface area (Å²) in [6.07, 6.45) is 3.00. The SMILES string of the molecule is CC(C)NCC1CCCCN1S(=O)(=O)NCC(C)(C)C. The van der Waals surface area contributed by atoms with E-state index >= 15 is 0 Å². The third kappa shape index (κ3) is 6.08. The van der Waals surface area contributed by atoms with Crippen LogP contribution in [0.15, 0.2) is 0 Å².